The van der Waals surface area contributed by atoms with E-state index < -0.39 is 0 Å². The third-order valence-corrected chi connectivity index (χ3v) is 11.5. The zero-order chi connectivity index (χ0) is 23.4. The Hall–Kier alpha value is -0.340. The molecule has 0 spiro atoms. The molecule has 0 unspecified atom stereocenters. The molecule has 184 valence electrons. The molecule has 0 aromatic carbocycles. The van der Waals surface area contributed by atoms with Gasteiger partial charge in [-0.1, -0.05) is 66.5 Å². The van der Waals surface area contributed by atoms with Crippen LogP contribution in [0.25, 0.3) is 0 Å². The Kier molecular flexibility index (Phi) is 6.99. The molecule has 0 aliphatic heterocycles. The number of hydrogen-bond donors (Lipinski definition) is 2. The minimum Gasteiger partial charge on any atom is -0.393 e. The van der Waals surface area contributed by atoms with Crippen LogP contribution in [0.1, 0.15) is 106 Å². The first kappa shape index (κ1) is 24.8. The quantitative estimate of drug-likeness (QED) is 0.424. The van der Waals surface area contributed by atoms with Crippen LogP contribution in [0.2, 0.25) is 0 Å². The zero-order valence-corrected chi connectivity index (χ0v) is 22.1. The van der Waals surface area contributed by atoms with Crippen molar-refractivity contribution in [2.45, 2.75) is 118 Å². The van der Waals surface area contributed by atoms with Crippen molar-refractivity contribution in [2.75, 3.05) is 0 Å². The normalized spacial score (nSPS) is 44.9. The largest absolute Gasteiger partial charge is 0.393 e. The van der Waals surface area contributed by atoms with E-state index in [-0.39, 0.29) is 17.6 Å². The van der Waals surface area contributed by atoms with Gasteiger partial charge in [0, 0.05) is 0 Å². The lowest BCUT2D eigenvalue weighted by Gasteiger charge is -2.59. The van der Waals surface area contributed by atoms with E-state index in [1.54, 1.807) is 0 Å². The second-order valence-electron chi connectivity index (χ2n) is 13.7. The van der Waals surface area contributed by atoms with Crippen molar-refractivity contribution in [3.05, 3.63) is 11.6 Å². The van der Waals surface area contributed by atoms with Gasteiger partial charge in [0.2, 0.25) is 0 Å². The van der Waals surface area contributed by atoms with Crippen molar-refractivity contribution in [3.8, 4) is 0 Å². The van der Waals surface area contributed by atoms with Crippen LogP contribution in [-0.4, -0.2) is 22.4 Å². The number of aliphatic hydroxyl groups is 2. The maximum absolute atomic E-state index is 11.4. The first-order valence-electron chi connectivity index (χ1n) is 14.1. The molecule has 0 amide bonds. The summed E-state index contributed by atoms with van der Waals surface area (Å²) in [6.45, 7) is 17.2. The fourth-order valence-electron chi connectivity index (χ4n) is 9.70. The summed E-state index contributed by atoms with van der Waals surface area (Å²) in [5, 5.41) is 21.6. The van der Waals surface area contributed by atoms with Gasteiger partial charge in [0.15, 0.2) is 0 Å². The van der Waals surface area contributed by atoms with Gasteiger partial charge in [0.1, 0.15) is 0 Å². The van der Waals surface area contributed by atoms with E-state index in [9.17, 15) is 10.2 Å². The van der Waals surface area contributed by atoms with Gasteiger partial charge >= 0.3 is 0 Å². The average molecular weight is 445 g/mol. The summed E-state index contributed by atoms with van der Waals surface area (Å²) in [7, 11) is 0. The number of rotatable bonds is 6. The summed E-state index contributed by atoms with van der Waals surface area (Å²) in [4.78, 5) is 0. The van der Waals surface area contributed by atoms with Crippen molar-refractivity contribution in [1.82, 2.24) is 0 Å². The van der Waals surface area contributed by atoms with Crippen molar-refractivity contribution >= 4 is 0 Å². The van der Waals surface area contributed by atoms with Crippen LogP contribution in [0.3, 0.4) is 0 Å². The highest BCUT2D eigenvalue weighted by Gasteiger charge is 2.61. The molecule has 0 aromatic rings. The summed E-state index contributed by atoms with van der Waals surface area (Å²) in [5.41, 5.74) is 1.96. The second-order valence-corrected chi connectivity index (χ2v) is 13.7. The first-order chi connectivity index (χ1) is 15.0. The van der Waals surface area contributed by atoms with E-state index in [2.05, 4.69) is 54.5 Å². The molecular weight excluding hydrogens is 392 g/mol. The van der Waals surface area contributed by atoms with Gasteiger partial charge < -0.3 is 10.2 Å². The maximum Gasteiger partial charge on any atom is 0.0757 e. The third kappa shape index (κ3) is 4.04. The molecule has 2 nitrogen and oxygen atoms in total. The van der Waals surface area contributed by atoms with Crippen molar-refractivity contribution in [1.29, 1.82) is 0 Å². The smallest absolute Gasteiger partial charge is 0.0757 e. The molecular formula is C30H52O2. The van der Waals surface area contributed by atoms with Gasteiger partial charge in [-0.3, -0.25) is 0 Å². The highest BCUT2D eigenvalue weighted by atomic mass is 16.3. The Morgan fingerprint density at radius 1 is 0.875 bits per heavy atom. The van der Waals surface area contributed by atoms with Crippen LogP contribution in [0, 0.1) is 58.2 Å². The predicted molar refractivity (Wildman–Crippen MR) is 134 cm³/mol. The zero-order valence-electron chi connectivity index (χ0n) is 22.1. The summed E-state index contributed by atoms with van der Waals surface area (Å²) >= 11 is 0. The van der Waals surface area contributed by atoms with Crippen LogP contribution < -0.4 is 0 Å². The summed E-state index contributed by atoms with van der Waals surface area (Å²) < 4.78 is 0. The van der Waals surface area contributed by atoms with Gasteiger partial charge in [-0.25, -0.2) is 0 Å². The third-order valence-electron chi connectivity index (χ3n) is 11.5. The van der Waals surface area contributed by atoms with Crippen LogP contribution in [0.15, 0.2) is 11.6 Å². The van der Waals surface area contributed by atoms with Gasteiger partial charge in [-0.2, -0.15) is 0 Å². The van der Waals surface area contributed by atoms with Crippen LogP contribution in [0.5, 0.6) is 0 Å². The molecule has 4 aliphatic carbocycles. The Balaban J connectivity index is 1.51. The monoisotopic (exact) mass is 444 g/mol. The summed E-state index contributed by atoms with van der Waals surface area (Å²) in [5.74, 6) is 5.67. The lowest BCUT2D eigenvalue weighted by Crippen LogP contribution is -2.55. The van der Waals surface area contributed by atoms with E-state index in [4.69, 9.17) is 0 Å². The van der Waals surface area contributed by atoms with Crippen LogP contribution >= 0.6 is 0 Å². The van der Waals surface area contributed by atoms with Crippen LogP contribution in [-0.2, 0) is 0 Å². The Morgan fingerprint density at radius 3 is 2.22 bits per heavy atom. The SMILES string of the molecule is CC(C)C(CC[C@@H](C)[C@H]1CC[C@H]2[C@@H]3[C@H](O)C=C4C[C@@H](O)CC[C@]4(C)[C@H]3CC[C@]12C)C(C)C. The van der Waals surface area contributed by atoms with E-state index in [1.165, 1.54) is 44.1 Å². The van der Waals surface area contributed by atoms with Crippen molar-refractivity contribution < 1.29 is 10.2 Å². The van der Waals surface area contributed by atoms with Gasteiger partial charge in [-0.15, -0.1) is 0 Å². The number of fused-ring (bicyclic) bond motifs is 5. The van der Waals surface area contributed by atoms with Crippen molar-refractivity contribution in [3.63, 3.8) is 0 Å². The molecule has 0 bridgehead atoms. The molecule has 0 saturated heterocycles. The van der Waals surface area contributed by atoms with Gasteiger partial charge in [0.05, 0.1) is 12.2 Å². The lowest BCUT2D eigenvalue weighted by atomic mass is 9.46. The molecule has 4 aliphatic rings. The van der Waals surface area contributed by atoms with Crippen LogP contribution in [0.4, 0.5) is 0 Å². The van der Waals surface area contributed by atoms with E-state index >= 15 is 0 Å². The minimum atomic E-state index is -0.307. The highest BCUT2D eigenvalue weighted by Crippen LogP contribution is 2.67. The Labute approximate surface area is 198 Å². The van der Waals surface area contributed by atoms with Crippen molar-refractivity contribution in [2.24, 2.45) is 58.2 Å². The van der Waals surface area contributed by atoms with Gasteiger partial charge in [0.25, 0.3) is 0 Å². The molecule has 0 radical (unpaired) electrons. The number of aliphatic hydroxyl groups excluding tert-OH is 2. The summed E-state index contributed by atoms with van der Waals surface area (Å²) in [6, 6.07) is 0. The standard InChI is InChI=1S/C30H52O2/c1-18(2)23(19(3)4)9-8-20(5)24-10-11-25-28-26(13-15-30(24,25)7)29(6)14-12-22(31)16-21(29)17-27(28)32/h17-20,22-28,31-32H,8-16H2,1-7H3/t20-,22+,24-,25+,26+,27-,28+,29+,30-/m1/s1. The van der Waals surface area contributed by atoms with E-state index in [0.717, 1.165) is 48.9 Å². The lowest BCUT2D eigenvalue weighted by molar-refractivity contribution is -0.0972. The molecule has 2 N–H and O–H groups in total. The highest BCUT2D eigenvalue weighted by molar-refractivity contribution is 5.27. The molecule has 3 saturated carbocycles. The number of hydrogen-bond acceptors (Lipinski definition) is 2. The molecule has 0 heterocycles. The second kappa shape index (κ2) is 9.03. The molecule has 32 heavy (non-hydrogen) atoms. The molecule has 2 heteroatoms. The summed E-state index contributed by atoms with van der Waals surface area (Å²) in [6.07, 6.45) is 12.5. The van der Waals surface area contributed by atoms with E-state index in [0.29, 0.717) is 23.2 Å². The molecule has 9 atom stereocenters. The maximum atomic E-state index is 11.4. The minimum absolute atomic E-state index is 0.204. The van der Waals surface area contributed by atoms with E-state index in [1.807, 2.05) is 0 Å². The fraction of sp³-hybridized carbons (Fsp3) is 0.933. The Bertz CT molecular complexity index is 687. The molecule has 0 aromatic heterocycles. The average Bonchev–Trinajstić information content (AvgIpc) is 3.06. The Morgan fingerprint density at radius 2 is 1.56 bits per heavy atom. The topological polar surface area (TPSA) is 40.5 Å². The molecule has 4 rings (SSSR count). The fourth-order valence-corrected chi connectivity index (χ4v) is 9.70. The first-order valence-corrected chi connectivity index (χ1v) is 14.1. The predicted octanol–water partition coefficient (Wildman–Crippen LogP) is 7.24. The molecule has 3 fully saturated rings. The van der Waals surface area contributed by atoms with Gasteiger partial charge in [-0.05, 0) is 110 Å².